The zero-order valence-corrected chi connectivity index (χ0v) is 13.6. The van der Waals surface area contributed by atoms with Crippen molar-refractivity contribution in [2.45, 2.75) is 32.8 Å². The highest BCUT2D eigenvalue weighted by atomic mass is 32.1. The highest BCUT2D eigenvalue weighted by Gasteiger charge is 2.15. The van der Waals surface area contributed by atoms with Gasteiger partial charge in [0.25, 0.3) is 0 Å². The molecule has 0 spiro atoms. The van der Waals surface area contributed by atoms with Crippen molar-refractivity contribution in [1.29, 1.82) is 0 Å². The topological polar surface area (TPSA) is 71.2 Å². The summed E-state index contributed by atoms with van der Waals surface area (Å²) >= 11 is 1.17. The van der Waals surface area contributed by atoms with Crippen LogP contribution in [0.5, 0.6) is 0 Å². The molecule has 22 heavy (non-hydrogen) atoms. The normalized spacial score (nSPS) is 10.9. The predicted molar refractivity (Wildman–Crippen MR) is 88.2 cm³/mol. The number of fused-ring (bicyclic) bond motifs is 1. The van der Waals surface area contributed by atoms with E-state index in [1.807, 2.05) is 39.0 Å². The first-order chi connectivity index (χ1) is 10.3. The fourth-order valence-corrected chi connectivity index (χ4v) is 2.50. The van der Waals surface area contributed by atoms with Gasteiger partial charge in [-0.3, -0.25) is 4.79 Å². The first-order valence-electron chi connectivity index (χ1n) is 6.92. The number of aromatic nitrogens is 1. The van der Waals surface area contributed by atoms with E-state index in [1.165, 1.54) is 11.3 Å². The lowest BCUT2D eigenvalue weighted by atomic mass is 10.2. The zero-order valence-electron chi connectivity index (χ0n) is 12.8. The van der Waals surface area contributed by atoms with Crippen LogP contribution < -0.4 is 10.2 Å². The summed E-state index contributed by atoms with van der Waals surface area (Å²) < 4.78 is 6.02. The first kappa shape index (κ1) is 16.1. The van der Waals surface area contributed by atoms with Crippen molar-refractivity contribution in [3.63, 3.8) is 0 Å². The summed E-state index contributed by atoms with van der Waals surface area (Å²) in [6, 6.07) is 5.58. The molecule has 1 heterocycles. The molecule has 2 N–H and O–H groups in total. The van der Waals surface area contributed by atoms with Crippen LogP contribution in [-0.2, 0) is 4.74 Å². The summed E-state index contributed by atoms with van der Waals surface area (Å²) in [7, 11) is 0. The summed E-state index contributed by atoms with van der Waals surface area (Å²) in [6.07, 6.45) is 0.0912. The number of ether oxygens (including phenoxy) is 1. The number of carbonyl (C=O) groups excluding carboxylic acids is 1. The van der Waals surface area contributed by atoms with Crippen LogP contribution in [0.3, 0.4) is 0 Å². The van der Waals surface area contributed by atoms with Gasteiger partial charge in [-0.25, -0.2) is 4.79 Å². The van der Waals surface area contributed by atoms with Crippen molar-refractivity contribution in [3.8, 4) is 11.8 Å². The van der Waals surface area contributed by atoms with Crippen molar-refractivity contribution in [2.75, 3.05) is 6.54 Å². The van der Waals surface area contributed by atoms with Gasteiger partial charge in [-0.15, -0.1) is 0 Å². The molecule has 0 saturated heterocycles. The number of H-pyrrole nitrogens is 1. The van der Waals surface area contributed by atoms with Crippen molar-refractivity contribution in [1.82, 2.24) is 10.3 Å². The van der Waals surface area contributed by atoms with Gasteiger partial charge in [-0.2, -0.15) is 0 Å². The number of amides is 1. The lowest BCUT2D eigenvalue weighted by Crippen LogP contribution is -2.32. The first-order valence-corrected chi connectivity index (χ1v) is 7.74. The van der Waals surface area contributed by atoms with Gasteiger partial charge in [0.05, 0.1) is 10.2 Å². The predicted octanol–water partition coefficient (Wildman–Crippen LogP) is 2.86. The van der Waals surface area contributed by atoms with E-state index in [0.717, 1.165) is 15.8 Å². The van der Waals surface area contributed by atoms with Gasteiger partial charge in [-0.05, 0) is 39.0 Å². The van der Waals surface area contributed by atoms with Gasteiger partial charge >= 0.3 is 11.0 Å². The Morgan fingerprint density at radius 3 is 2.91 bits per heavy atom. The minimum Gasteiger partial charge on any atom is -0.444 e. The van der Waals surface area contributed by atoms with E-state index < -0.39 is 11.7 Å². The largest absolute Gasteiger partial charge is 0.444 e. The highest BCUT2D eigenvalue weighted by Crippen LogP contribution is 2.15. The molecule has 2 aromatic rings. The molecule has 0 aliphatic heterocycles. The Hall–Kier alpha value is -2.26. The Kier molecular flexibility index (Phi) is 4.88. The van der Waals surface area contributed by atoms with Gasteiger partial charge < -0.3 is 15.0 Å². The molecule has 0 aliphatic carbocycles. The van der Waals surface area contributed by atoms with E-state index in [4.69, 9.17) is 4.74 Å². The third-order valence-electron chi connectivity index (χ3n) is 2.57. The molecule has 0 saturated carbocycles. The van der Waals surface area contributed by atoms with E-state index in [1.54, 1.807) is 0 Å². The van der Waals surface area contributed by atoms with Crippen molar-refractivity contribution in [3.05, 3.63) is 33.4 Å². The Labute approximate surface area is 132 Å². The lowest BCUT2D eigenvalue weighted by Gasteiger charge is -2.19. The second-order valence-corrected chi connectivity index (χ2v) is 6.72. The summed E-state index contributed by atoms with van der Waals surface area (Å²) in [5.74, 6) is 6.00. The monoisotopic (exact) mass is 318 g/mol. The quantitative estimate of drug-likeness (QED) is 0.661. The van der Waals surface area contributed by atoms with Gasteiger partial charge in [0.1, 0.15) is 5.60 Å². The van der Waals surface area contributed by atoms with Crippen molar-refractivity contribution < 1.29 is 9.53 Å². The zero-order chi connectivity index (χ0) is 16.2. The van der Waals surface area contributed by atoms with Crippen LogP contribution in [0.2, 0.25) is 0 Å². The average Bonchev–Trinajstić information content (AvgIpc) is 2.75. The molecule has 1 amide bonds. The third kappa shape index (κ3) is 4.93. The second kappa shape index (κ2) is 6.67. The number of alkyl carbamates (subject to hydrolysis) is 1. The molecule has 0 unspecified atom stereocenters. The maximum Gasteiger partial charge on any atom is 0.407 e. The van der Waals surface area contributed by atoms with Gasteiger partial charge in [0.2, 0.25) is 0 Å². The Morgan fingerprint density at radius 1 is 1.41 bits per heavy atom. The molecule has 0 atom stereocenters. The van der Waals surface area contributed by atoms with Crippen LogP contribution in [0.4, 0.5) is 4.79 Å². The Balaban J connectivity index is 1.85. The van der Waals surface area contributed by atoms with Crippen LogP contribution in [0, 0.1) is 11.8 Å². The van der Waals surface area contributed by atoms with E-state index in [-0.39, 0.29) is 4.87 Å². The van der Waals surface area contributed by atoms with E-state index >= 15 is 0 Å². The van der Waals surface area contributed by atoms with Crippen molar-refractivity contribution in [2.24, 2.45) is 0 Å². The standard InChI is InChI=1S/C16H18N2O3S/c1-16(2,3)21-14(19)17-9-5-4-6-11-7-8-12-13(10-11)22-15(20)18-12/h7-8,10H,5,9H2,1-3H3,(H,17,19)(H,18,20). The molecule has 0 bridgehead atoms. The van der Waals surface area contributed by atoms with Gasteiger partial charge in [-0.1, -0.05) is 23.2 Å². The van der Waals surface area contributed by atoms with Crippen molar-refractivity contribution >= 4 is 27.6 Å². The van der Waals surface area contributed by atoms with Crippen LogP contribution in [0.1, 0.15) is 32.8 Å². The van der Waals surface area contributed by atoms with E-state index in [9.17, 15) is 9.59 Å². The van der Waals surface area contributed by atoms with Crippen LogP contribution >= 0.6 is 11.3 Å². The summed E-state index contributed by atoms with van der Waals surface area (Å²) in [5, 5.41) is 2.65. The fourth-order valence-electron chi connectivity index (χ4n) is 1.73. The number of thiazole rings is 1. The SMILES string of the molecule is CC(C)(C)OC(=O)NCCC#Cc1ccc2[nH]c(=O)sc2c1. The number of hydrogen-bond acceptors (Lipinski definition) is 4. The van der Waals surface area contributed by atoms with E-state index in [2.05, 4.69) is 22.1 Å². The molecular formula is C16H18N2O3S. The molecule has 1 aromatic heterocycles. The molecular weight excluding hydrogens is 300 g/mol. The Morgan fingerprint density at radius 2 is 2.18 bits per heavy atom. The number of rotatable bonds is 2. The summed E-state index contributed by atoms with van der Waals surface area (Å²) in [6.45, 7) is 5.88. The molecule has 116 valence electrons. The summed E-state index contributed by atoms with van der Waals surface area (Å²) in [5.41, 5.74) is 1.18. The number of benzene rings is 1. The number of aromatic amines is 1. The molecule has 0 fully saturated rings. The summed E-state index contributed by atoms with van der Waals surface area (Å²) in [4.78, 5) is 25.3. The van der Waals surface area contributed by atoms with Crippen LogP contribution in [0.25, 0.3) is 10.2 Å². The third-order valence-corrected chi connectivity index (χ3v) is 3.42. The molecule has 6 heteroatoms. The smallest absolute Gasteiger partial charge is 0.407 e. The molecule has 2 rings (SSSR count). The minimum absolute atomic E-state index is 0.0679. The fraction of sp³-hybridized carbons (Fsp3) is 0.375. The van der Waals surface area contributed by atoms with Crippen LogP contribution in [-0.4, -0.2) is 23.2 Å². The molecule has 1 aromatic carbocycles. The maximum absolute atomic E-state index is 11.4. The number of hydrogen-bond donors (Lipinski definition) is 2. The minimum atomic E-state index is -0.497. The number of carbonyl (C=O) groups is 1. The Bertz CT molecular complexity index is 787. The average molecular weight is 318 g/mol. The second-order valence-electron chi connectivity index (χ2n) is 5.71. The highest BCUT2D eigenvalue weighted by molar-refractivity contribution is 7.16. The molecule has 0 radical (unpaired) electrons. The maximum atomic E-state index is 11.4. The van der Waals surface area contributed by atoms with E-state index in [0.29, 0.717) is 13.0 Å². The number of nitrogens with one attached hydrogen (secondary N) is 2. The van der Waals surface area contributed by atoms with Gasteiger partial charge in [0.15, 0.2) is 0 Å². The van der Waals surface area contributed by atoms with Crippen LogP contribution in [0.15, 0.2) is 23.0 Å². The molecule has 5 nitrogen and oxygen atoms in total. The molecule has 0 aliphatic rings. The van der Waals surface area contributed by atoms with Gasteiger partial charge in [0, 0.05) is 18.5 Å². The lowest BCUT2D eigenvalue weighted by molar-refractivity contribution is 0.0529.